The van der Waals surface area contributed by atoms with Crippen LogP contribution >= 0.6 is 0 Å². The normalized spacial score (nSPS) is 14.6. The van der Waals surface area contributed by atoms with Crippen molar-refractivity contribution in [2.75, 3.05) is 7.11 Å². The van der Waals surface area contributed by atoms with Crippen molar-refractivity contribution >= 4 is 5.78 Å². The molecular formula is C12H11FO2. The van der Waals surface area contributed by atoms with E-state index in [2.05, 4.69) is 0 Å². The molecule has 0 aromatic heterocycles. The molecule has 0 heterocycles. The number of halogens is 1. The van der Waals surface area contributed by atoms with E-state index in [1.807, 2.05) is 6.92 Å². The van der Waals surface area contributed by atoms with Gasteiger partial charge in [0.1, 0.15) is 0 Å². The summed E-state index contributed by atoms with van der Waals surface area (Å²) >= 11 is 0. The Morgan fingerprint density at radius 3 is 2.80 bits per heavy atom. The van der Waals surface area contributed by atoms with E-state index in [0.29, 0.717) is 6.42 Å². The highest BCUT2D eigenvalue weighted by molar-refractivity contribution is 6.07. The van der Waals surface area contributed by atoms with Gasteiger partial charge in [0.15, 0.2) is 17.3 Å². The van der Waals surface area contributed by atoms with Crippen LogP contribution in [0, 0.1) is 5.82 Å². The van der Waals surface area contributed by atoms with Crippen molar-refractivity contribution in [3.63, 3.8) is 0 Å². The van der Waals surface area contributed by atoms with Crippen LogP contribution in [0.25, 0.3) is 0 Å². The third kappa shape index (κ3) is 1.54. The Labute approximate surface area is 87.4 Å². The number of ether oxygens (including phenoxy) is 1. The van der Waals surface area contributed by atoms with Crippen LogP contribution in [-0.4, -0.2) is 12.9 Å². The molecule has 1 aromatic rings. The Kier molecular flexibility index (Phi) is 2.31. The van der Waals surface area contributed by atoms with E-state index in [9.17, 15) is 9.18 Å². The smallest absolute Gasteiger partial charge is 0.189 e. The van der Waals surface area contributed by atoms with E-state index < -0.39 is 5.82 Å². The lowest BCUT2D eigenvalue weighted by molar-refractivity contribution is 0.103. The zero-order valence-corrected chi connectivity index (χ0v) is 8.63. The minimum absolute atomic E-state index is 0.120. The molecule has 1 aromatic carbocycles. The largest absolute Gasteiger partial charge is 0.494 e. The first kappa shape index (κ1) is 9.90. The standard InChI is InChI=1S/C12H11FO2/c1-7-5-8-3-4-10(15-2)12(13)11(8)9(14)6-7/h3-4,6H,5H2,1-2H3. The van der Waals surface area contributed by atoms with Crippen molar-refractivity contribution in [1.29, 1.82) is 0 Å². The van der Waals surface area contributed by atoms with Crippen molar-refractivity contribution in [1.82, 2.24) is 0 Å². The predicted molar refractivity (Wildman–Crippen MR) is 54.7 cm³/mol. The molecule has 0 amide bonds. The monoisotopic (exact) mass is 206 g/mol. The molecule has 0 saturated carbocycles. The number of fused-ring (bicyclic) bond motifs is 1. The van der Waals surface area contributed by atoms with Crippen LogP contribution in [0.1, 0.15) is 22.8 Å². The highest BCUT2D eigenvalue weighted by Gasteiger charge is 2.22. The molecule has 15 heavy (non-hydrogen) atoms. The summed E-state index contributed by atoms with van der Waals surface area (Å²) in [6.07, 6.45) is 2.10. The van der Waals surface area contributed by atoms with E-state index in [0.717, 1.165) is 11.1 Å². The molecule has 1 aliphatic carbocycles. The molecule has 0 aliphatic heterocycles. The van der Waals surface area contributed by atoms with Crippen LogP contribution in [0.15, 0.2) is 23.8 Å². The Hall–Kier alpha value is -1.64. The topological polar surface area (TPSA) is 26.3 Å². The van der Waals surface area contributed by atoms with E-state index in [4.69, 9.17) is 4.74 Å². The zero-order chi connectivity index (χ0) is 11.0. The molecular weight excluding hydrogens is 195 g/mol. The summed E-state index contributed by atoms with van der Waals surface area (Å²) in [5.74, 6) is -0.705. The molecule has 0 saturated heterocycles. The summed E-state index contributed by atoms with van der Waals surface area (Å²) < 4.78 is 18.6. The highest BCUT2D eigenvalue weighted by atomic mass is 19.1. The van der Waals surface area contributed by atoms with Crippen molar-refractivity contribution in [2.24, 2.45) is 0 Å². The Morgan fingerprint density at radius 1 is 1.40 bits per heavy atom. The summed E-state index contributed by atoms with van der Waals surface area (Å²) in [6, 6.07) is 3.30. The van der Waals surface area contributed by atoms with Gasteiger partial charge in [0.25, 0.3) is 0 Å². The van der Waals surface area contributed by atoms with Gasteiger partial charge in [-0.2, -0.15) is 0 Å². The van der Waals surface area contributed by atoms with Gasteiger partial charge >= 0.3 is 0 Å². The Bertz CT molecular complexity index is 461. The van der Waals surface area contributed by atoms with Gasteiger partial charge in [-0.05, 0) is 31.1 Å². The zero-order valence-electron chi connectivity index (χ0n) is 8.63. The Balaban J connectivity index is 2.61. The number of allylic oxidation sites excluding steroid dienone is 2. The van der Waals surface area contributed by atoms with Crippen LogP contribution in [0.2, 0.25) is 0 Å². The van der Waals surface area contributed by atoms with Crippen molar-refractivity contribution in [2.45, 2.75) is 13.3 Å². The average Bonchev–Trinajstić information content (AvgIpc) is 2.17. The van der Waals surface area contributed by atoms with Crippen LogP contribution in [0.5, 0.6) is 5.75 Å². The lowest BCUT2D eigenvalue weighted by Crippen LogP contribution is -2.12. The maximum atomic E-state index is 13.8. The molecule has 0 N–H and O–H groups in total. The van der Waals surface area contributed by atoms with E-state index in [1.54, 1.807) is 12.1 Å². The predicted octanol–water partition coefficient (Wildman–Crippen LogP) is 2.52. The lowest BCUT2D eigenvalue weighted by Gasteiger charge is -2.15. The minimum atomic E-state index is -0.552. The highest BCUT2D eigenvalue weighted by Crippen LogP contribution is 2.28. The van der Waals surface area contributed by atoms with Crippen molar-refractivity contribution in [3.05, 3.63) is 40.7 Å². The number of rotatable bonds is 1. The van der Waals surface area contributed by atoms with Gasteiger partial charge in [0.05, 0.1) is 12.7 Å². The third-order valence-corrected chi connectivity index (χ3v) is 2.51. The van der Waals surface area contributed by atoms with Crippen LogP contribution in [-0.2, 0) is 6.42 Å². The van der Waals surface area contributed by atoms with Crippen molar-refractivity contribution < 1.29 is 13.9 Å². The van der Waals surface area contributed by atoms with Gasteiger partial charge in [-0.3, -0.25) is 4.79 Å². The first-order valence-electron chi connectivity index (χ1n) is 4.70. The Morgan fingerprint density at radius 2 is 2.13 bits per heavy atom. The minimum Gasteiger partial charge on any atom is -0.494 e. The molecule has 2 nitrogen and oxygen atoms in total. The number of methoxy groups -OCH3 is 1. The molecule has 0 radical (unpaired) electrons. The number of carbonyl (C=O) groups is 1. The summed E-state index contributed by atoms with van der Waals surface area (Å²) in [5, 5.41) is 0. The van der Waals surface area contributed by atoms with Crippen LogP contribution in [0.4, 0.5) is 4.39 Å². The van der Waals surface area contributed by atoms with Crippen LogP contribution < -0.4 is 4.74 Å². The average molecular weight is 206 g/mol. The molecule has 2 rings (SSSR count). The summed E-state index contributed by atoms with van der Waals surface area (Å²) in [5.41, 5.74) is 1.84. The maximum absolute atomic E-state index is 13.8. The van der Waals surface area contributed by atoms with Gasteiger partial charge in [0, 0.05) is 0 Å². The van der Waals surface area contributed by atoms with Crippen molar-refractivity contribution in [3.8, 4) is 5.75 Å². The first-order valence-corrected chi connectivity index (χ1v) is 4.70. The molecule has 0 bridgehead atoms. The summed E-state index contributed by atoms with van der Waals surface area (Å²) in [6.45, 7) is 1.86. The summed E-state index contributed by atoms with van der Waals surface area (Å²) in [4.78, 5) is 11.6. The van der Waals surface area contributed by atoms with Gasteiger partial charge in [-0.1, -0.05) is 11.6 Å². The number of ketones is 1. The third-order valence-electron chi connectivity index (χ3n) is 2.51. The number of hydrogen-bond donors (Lipinski definition) is 0. The lowest BCUT2D eigenvalue weighted by atomic mass is 9.91. The number of hydrogen-bond acceptors (Lipinski definition) is 2. The van der Waals surface area contributed by atoms with Gasteiger partial charge in [0.2, 0.25) is 0 Å². The summed E-state index contributed by atoms with van der Waals surface area (Å²) in [7, 11) is 1.39. The molecule has 3 heteroatoms. The number of benzene rings is 1. The molecule has 0 fully saturated rings. The molecule has 78 valence electrons. The van der Waals surface area contributed by atoms with E-state index >= 15 is 0 Å². The second-order valence-electron chi connectivity index (χ2n) is 3.65. The molecule has 1 aliphatic rings. The van der Waals surface area contributed by atoms with Gasteiger partial charge in [-0.25, -0.2) is 4.39 Å². The molecule has 0 unspecified atom stereocenters. The van der Waals surface area contributed by atoms with E-state index in [-0.39, 0.29) is 17.1 Å². The SMILES string of the molecule is COc1ccc2c(c1F)C(=O)C=C(C)C2. The fraction of sp³-hybridized carbons (Fsp3) is 0.250. The van der Waals surface area contributed by atoms with Crippen LogP contribution in [0.3, 0.4) is 0 Å². The first-order chi connectivity index (χ1) is 7.13. The van der Waals surface area contributed by atoms with Gasteiger partial charge in [-0.15, -0.1) is 0 Å². The molecule has 0 atom stereocenters. The van der Waals surface area contributed by atoms with Gasteiger partial charge < -0.3 is 4.74 Å². The molecule has 0 spiro atoms. The number of carbonyl (C=O) groups excluding carboxylic acids is 1. The fourth-order valence-corrected chi connectivity index (χ4v) is 1.82. The fourth-order valence-electron chi connectivity index (χ4n) is 1.82. The maximum Gasteiger partial charge on any atom is 0.189 e. The second-order valence-corrected chi connectivity index (χ2v) is 3.65. The van der Waals surface area contributed by atoms with E-state index in [1.165, 1.54) is 13.2 Å². The quantitative estimate of drug-likeness (QED) is 0.705. The second kappa shape index (κ2) is 3.50.